The molecule has 7 heteroatoms. The molecule has 6 nitrogen and oxygen atoms in total. The minimum Gasteiger partial charge on any atom is -0.383 e. The first-order chi connectivity index (χ1) is 9.46. The first-order valence-corrected chi connectivity index (χ1v) is 8.31. The SMILES string of the molecule is CCN1CCC(N(C)S(=O)(=O)c2cccnc2N)CC1. The second-order valence-electron chi connectivity index (χ2n) is 5.07. The second-order valence-corrected chi connectivity index (χ2v) is 7.04. The highest BCUT2D eigenvalue weighted by molar-refractivity contribution is 7.89. The lowest BCUT2D eigenvalue weighted by Gasteiger charge is -2.35. The van der Waals surface area contributed by atoms with Crippen molar-refractivity contribution in [2.24, 2.45) is 0 Å². The van der Waals surface area contributed by atoms with E-state index in [9.17, 15) is 8.42 Å². The molecule has 1 aliphatic heterocycles. The quantitative estimate of drug-likeness (QED) is 0.888. The smallest absolute Gasteiger partial charge is 0.246 e. The van der Waals surface area contributed by atoms with Crippen LogP contribution >= 0.6 is 0 Å². The van der Waals surface area contributed by atoms with E-state index in [-0.39, 0.29) is 16.8 Å². The molecule has 1 aromatic rings. The monoisotopic (exact) mass is 298 g/mol. The Kier molecular flexibility index (Phi) is 4.62. The molecule has 1 fully saturated rings. The lowest BCUT2D eigenvalue weighted by atomic mass is 10.1. The third-order valence-corrected chi connectivity index (χ3v) is 5.93. The normalized spacial score (nSPS) is 18.6. The fourth-order valence-corrected chi connectivity index (χ4v) is 4.05. The molecule has 0 unspecified atom stereocenters. The zero-order valence-corrected chi connectivity index (χ0v) is 12.8. The molecule has 2 N–H and O–H groups in total. The Morgan fingerprint density at radius 2 is 2.10 bits per heavy atom. The Morgan fingerprint density at radius 1 is 1.45 bits per heavy atom. The van der Waals surface area contributed by atoms with Crippen molar-refractivity contribution in [3.8, 4) is 0 Å². The zero-order valence-electron chi connectivity index (χ0n) is 12.0. The van der Waals surface area contributed by atoms with E-state index in [1.807, 2.05) is 0 Å². The first kappa shape index (κ1) is 15.2. The third-order valence-electron chi connectivity index (χ3n) is 3.98. The van der Waals surface area contributed by atoms with Crippen molar-refractivity contribution in [1.29, 1.82) is 0 Å². The van der Waals surface area contributed by atoms with Gasteiger partial charge in [0.1, 0.15) is 10.7 Å². The third kappa shape index (κ3) is 2.94. The van der Waals surface area contributed by atoms with Crippen molar-refractivity contribution >= 4 is 15.8 Å². The maximum absolute atomic E-state index is 12.6. The number of nitrogens with zero attached hydrogens (tertiary/aromatic N) is 3. The summed E-state index contributed by atoms with van der Waals surface area (Å²) in [6.07, 6.45) is 3.20. The van der Waals surface area contributed by atoms with Gasteiger partial charge in [-0.2, -0.15) is 4.31 Å². The molecular formula is C13H22N4O2S. The van der Waals surface area contributed by atoms with Crippen LogP contribution in [0.25, 0.3) is 0 Å². The minimum atomic E-state index is -3.57. The van der Waals surface area contributed by atoms with E-state index >= 15 is 0 Å². The van der Waals surface area contributed by atoms with Crippen LogP contribution < -0.4 is 5.73 Å². The minimum absolute atomic E-state index is 0.0300. The van der Waals surface area contributed by atoms with Crippen LogP contribution in [0.1, 0.15) is 19.8 Å². The standard InChI is InChI=1S/C13H22N4O2S/c1-3-17-9-6-11(7-10-17)16(2)20(18,19)12-5-4-8-15-13(12)14/h4-5,8,11H,3,6-7,9-10H2,1-2H3,(H2,14,15). The van der Waals surface area contributed by atoms with E-state index < -0.39 is 10.0 Å². The van der Waals surface area contributed by atoms with Gasteiger partial charge in [-0.1, -0.05) is 6.92 Å². The number of aromatic nitrogens is 1. The summed E-state index contributed by atoms with van der Waals surface area (Å²) < 4.78 is 26.6. The molecule has 2 heterocycles. The average Bonchev–Trinajstić information content (AvgIpc) is 2.47. The summed E-state index contributed by atoms with van der Waals surface area (Å²) in [4.78, 5) is 6.29. The highest BCUT2D eigenvalue weighted by Crippen LogP contribution is 2.24. The molecule has 0 bridgehead atoms. The van der Waals surface area contributed by atoms with Crippen LogP contribution in [-0.4, -0.2) is 55.3 Å². The molecule has 0 radical (unpaired) electrons. The molecule has 1 aliphatic rings. The number of nitrogen functional groups attached to an aromatic ring is 1. The predicted octanol–water partition coefficient (Wildman–Crippen LogP) is 0.769. The summed E-state index contributed by atoms with van der Waals surface area (Å²) in [5, 5.41) is 0. The number of pyridine rings is 1. The molecule has 0 aliphatic carbocycles. The molecule has 0 saturated carbocycles. The zero-order chi connectivity index (χ0) is 14.8. The van der Waals surface area contributed by atoms with Gasteiger partial charge in [-0.3, -0.25) is 0 Å². The summed E-state index contributed by atoms with van der Waals surface area (Å²) in [5.74, 6) is 0.0605. The van der Waals surface area contributed by atoms with Gasteiger partial charge in [0.15, 0.2) is 0 Å². The molecular weight excluding hydrogens is 276 g/mol. The number of likely N-dealkylation sites (tertiary alicyclic amines) is 1. The fourth-order valence-electron chi connectivity index (χ4n) is 2.57. The number of hydrogen-bond donors (Lipinski definition) is 1. The number of sulfonamides is 1. The number of nitrogens with two attached hydrogens (primary N) is 1. The van der Waals surface area contributed by atoms with Gasteiger partial charge in [0.05, 0.1) is 0 Å². The Labute approximate surface area is 120 Å². The van der Waals surface area contributed by atoms with Gasteiger partial charge >= 0.3 is 0 Å². The molecule has 0 spiro atoms. The van der Waals surface area contributed by atoms with Gasteiger partial charge < -0.3 is 10.6 Å². The van der Waals surface area contributed by atoms with Crippen LogP contribution in [0.2, 0.25) is 0 Å². The number of rotatable bonds is 4. The van der Waals surface area contributed by atoms with E-state index in [0.29, 0.717) is 0 Å². The molecule has 1 saturated heterocycles. The highest BCUT2D eigenvalue weighted by atomic mass is 32.2. The first-order valence-electron chi connectivity index (χ1n) is 6.87. The van der Waals surface area contributed by atoms with Crippen LogP contribution in [0.4, 0.5) is 5.82 Å². The molecule has 112 valence electrons. The number of hydrogen-bond acceptors (Lipinski definition) is 5. The van der Waals surface area contributed by atoms with Crippen LogP contribution in [0.3, 0.4) is 0 Å². The lowest BCUT2D eigenvalue weighted by Crippen LogP contribution is -2.45. The Balaban J connectivity index is 2.16. The molecule has 20 heavy (non-hydrogen) atoms. The number of anilines is 1. The highest BCUT2D eigenvalue weighted by Gasteiger charge is 2.31. The topological polar surface area (TPSA) is 79.5 Å². The maximum Gasteiger partial charge on any atom is 0.246 e. The van der Waals surface area contributed by atoms with Crippen molar-refractivity contribution in [2.75, 3.05) is 32.4 Å². The largest absolute Gasteiger partial charge is 0.383 e. The Morgan fingerprint density at radius 3 is 2.65 bits per heavy atom. The van der Waals surface area contributed by atoms with E-state index in [1.165, 1.54) is 16.6 Å². The van der Waals surface area contributed by atoms with Crippen LogP contribution in [-0.2, 0) is 10.0 Å². The van der Waals surface area contributed by atoms with Gasteiger partial charge in [0.2, 0.25) is 10.0 Å². The summed E-state index contributed by atoms with van der Waals surface area (Å²) in [6.45, 7) is 5.00. The average molecular weight is 298 g/mol. The van der Waals surface area contributed by atoms with Crippen molar-refractivity contribution in [1.82, 2.24) is 14.2 Å². The van der Waals surface area contributed by atoms with Gasteiger partial charge in [0, 0.05) is 19.3 Å². The van der Waals surface area contributed by atoms with Crippen LogP contribution in [0.5, 0.6) is 0 Å². The van der Waals surface area contributed by atoms with Crippen molar-refractivity contribution < 1.29 is 8.42 Å². The molecule has 2 rings (SSSR count). The van der Waals surface area contributed by atoms with Gasteiger partial charge in [0.25, 0.3) is 0 Å². The van der Waals surface area contributed by atoms with Crippen molar-refractivity contribution in [3.63, 3.8) is 0 Å². The Bertz CT molecular complexity index is 553. The van der Waals surface area contributed by atoms with Crippen LogP contribution in [0.15, 0.2) is 23.2 Å². The summed E-state index contributed by atoms with van der Waals surface area (Å²) in [7, 11) is -1.93. The van der Waals surface area contributed by atoms with Crippen molar-refractivity contribution in [2.45, 2.75) is 30.7 Å². The van der Waals surface area contributed by atoms with Gasteiger partial charge in [-0.05, 0) is 44.6 Å². The molecule has 0 aromatic carbocycles. The van der Waals surface area contributed by atoms with Gasteiger partial charge in [-0.25, -0.2) is 13.4 Å². The van der Waals surface area contributed by atoms with E-state index in [2.05, 4.69) is 16.8 Å². The number of piperidine rings is 1. The van der Waals surface area contributed by atoms with Crippen molar-refractivity contribution in [3.05, 3.63) is 18.3 Å². The molecule has 0 atom stereocenters. The summed E-state index contributed by atoms with van der Waals surface area (Å²) >= 11 is 0. The summed E-state index contributed by atoms with van der Waals surface area (Å²) in [6, 6.07) is 3.13. The fraction of sp³-hybridized carbons (Fsp3) is 0.615. The van der Waals surface area contributed by atoms with E-state index in [0.717, 1.165) is 32.5 Å². The second kappa shape index (κ2) is 6.07. The van der Waals surface area contributed by atoms with Gasteiger partial charge in [-0.15, -0.1) is 0 Å². The predicted molar refractivity (Wildman–Crippen MR) is 78.7 cm³/mol. The van der Waals surface area contributed by atoms with E-state index in [1.54, 1.807) is 13.1 Å². The maximum atomic E-state index is 12.6. The molecule has 1 aromatic heterocycles. The lowest BCUT2D eigenvalue weighted by molar-refractivity contribution is 0.176. The molecule has 0 amide bonds. The summed E-state index contributed by atoms with van der Waals surface area (Å²) in [5.41, 5.74) is 5.69. The van der Waals surface area contributed by atoms with E-state index in [4.69, 9.17) is 5.73 Å². The van der Waals surface area contributed by atoms with Crippen LogP contribution in [0, 0.1) is 0 Å². The Hall–Kier alpha value is -1.18.